The lowest BCUT2D eigenvalue weighted by Crippen LogP contribution is -2.03. The smallest absolute Gasteiger partial charge is 0.256 e. The predicted octanol–water partition coefficient (Wildman–Crippen LogP) is 3.06. The normalized spacial score (nSPS) is 13.4. The second-order valence-electron chi connectivity index (χ2n) is 3.31. The Kier molecular flexibility index (Phi) is 1.39. The molecule has 0 aliphatic carbocycles. The van der Waals surface area contributed by atoms with Crippen molar-refractivity contribution in [2.75, 3.05) is 5.32 Å². The van der Waals surface area contributed by atoms with Crippen molar-refractivity contribution in [3.63, 3.8) is 0 Å². The molecule has 0 fully saturated rings. The zero-order valence-corrected chi connectivity index (χ0v) is 7.93. The van der Waals surface area contributed by atoms with E-state index < -0.39 is 0 Å². The van der Waals surface area contributed by atoms with E-state index in [0.29, 0.717) is 5.02 Å². The Morgan fingerprint density at radius 3 is 2.93 bits per heavy atom. The third kappa shape index (κ3) is 0.888. The Labute approximate surface area is 85.5 Å². The highest BCUT2D eigenvalue weighted by Crippen LogP contribution is 2.35. The summed E-state index contributed by atoms with van der Waals surface area (Å²) >= 11 is 5.92. The van der Waals surface area contributed by atoms with Gasteiger partial charge in [-0.15, -0.1) is 0 Å². The van der Waals surface area contributed by atoms with Crippen LogP contribution in [0.4, 0.5) is 5.69 Å². The highest BCUT2D eigenvalue weighted by molar-refractivity contribution is 6.33. The van der Waals surface area contributed by atoms with Crippen molar-refractivity contribution in [1.82, 2.24) is 0 Å². The number of hydrogen-bond donors (Lipinski definition) is 1. The van der Waals surface area contributed by atoms with E-state index in [1.165, 1.54) is 0 Å². The second kappa shape index (κ2) is 2.49. The molecule has 0 unspecified atom stereocenters. The number of amides is 1. The molecule has 3 heteroatoms. The van der Waals surface area contributed by atoms with Gasteiger partial charge < -0.3 is 5.32 Å². The highest BCUT2D eigenvalue weighted by Gasteiger charge is 2.20. The fourth-order valence-corrected chi connectivity index (χ4v) is 2.10. The largest absolute Gasteiger partial charge is 0.321 e. The van der Waals surface area contributed by atoms with Gasteiger partial charge in [0.05, 0.1) is 5.69 Å². The van der Waals surface area contributed by atoms with E-state index in [1.807, 2.05) is 24.3 Å². The number of rotatable bonds is 0. The molecule has 0 radical (unpaired) electrons. The molecule has 0 atom stereocenters. The summed E-state index contributed by atoms with van der Waals surface area (Å²) in [6.07, 6.45) is 0. The van der Waals surface area contributed by atoms with E-state index >= 15 is 0 Å². The third-order valence-electron chi connectivity index (χ3n) is 2.43. The SMILES string of the molecule is O=C1Nc2cc(Cl)cc3cccc1c23. The summed E-state index contributed by atoms with van der Waals surface area (Å²) in [7, 11) is 0. The van der Waals surface area contributed by atoms with Gasteiger partial charge in [0.15, 0.2) is 0 Å². The van der Waals surface area contributed by atoms with Gasteiger partial charge in [-0.25, -0.2) is 0 Å². The fraction of sp³-hybridized carbons (Fsp3) is 0. The minimum Gasteiger partial charge on any atom is -0.321 e. The zero-order chi connectivity index (χ0) is 9.71. The quantitative estimate of drug-likeness (QED) is 0.701. The molecule has 1 N–H and O–H groups in total. The molecule has 2 aromatic rings. The van der Waals surface area contributed by atoms with Gasteiger partial charge in [-0.3, -0.25) is 4.79 Å². The molecular formula is C11H6ClNO. The number of hydrogen-bond acceptors (Lipinski definition) is 1. The van der Waals surface area contributed by atoms with Gasteiger partial charge in [0.2, 0.25) is 0 Å². The molecule has 14 heavy (non-hydrogen) atoms. The summed E-state index contributed by atoms with van der Waals surface area (Å²) in [6.45, 7) is 0. The average Bonchev–Trinajstić information content (AvgIpc) is 2.45. The molecule has 0 saturated carbocycles. The van der Waals surface area contributed by atoms with Gasteiger partial charge in [-0.05, 0) is 23.6 Å². The van der Waals surface area contributed by atoms with Crippen LogP contribution in [0.2, 0.25) is 5.02 Å². The van der Waals surface area contributed by atoms with Crippen LogP contribution in [0.1, 0.15) is 10.4 Å². The van der Waals surface area contributed by atoms with Crippen molar-refractivity contribution >= 4 is 34.0 Å². The van der Waals surface area contributed by atoms with Crippen LogP contribution in [-0.2, 0) is 0 Å². The van der Waals surface area contributed by atoms with Gasteiger partial charge in [-0.1, -0.05) is 23.7 Å². The molecule has 2 aromatic carbocycles. The molecule has 3 rings (SSSR count). The van der Waals surface area contributed by atoms with Crippen LogP contribution in [0.5, 0.6) is 0 Å². The molecule has 1 aliphatic heterocycles. The van der Waals surface area contributed by atoms with Gasteiger partial charge in [0, 0.05) is 16.0 Å². The van der Waals surface area contributed by atoms with E-state index in [0.717, 1.165) is 22.0 Å². The van der Waals surface area contributed by atoms with Crippen LogP contribution in [0, 0.1) is 0 Å². The average molecular weight is 204 g/mol. The van der Waals surface area contributed by atoms with Crippen molar-refractivity contribution in [2.45, 2.75) is 0 Å². The maximum atomic E-state index is 11.5. The minimum atomic E-state index is -0.0483. The van der Waals surface area contributed by atoms with Crippen molar-refractivity contribution in [3.8, 4) is 0 Å². The van der Waals surface area contributed by atoms with Crippen LogP contribution in [0.15, 0.2) is 30.3 Å². The van der Waals surface area contributed by atoms with Gasteiger partial charge in [-0.2, -0.15) is 0 Å². The summed E-state index contributed by atoms with van der Waals surface area (Å²) in [6, 6.07) is 9.28. The summed E-state index contributed by atoms with van der Waals surface area (Å²) in [5.41, 5.74) is 1.54. The van der Waals surface area contributed by atoms with Crippen LogP contribution < -0.4 is 5.32 Å². The lowest BCUT2D eigenvalue weighted by atomic mass is 10.1. The van der Waals surface area contributed by atoms with Crippen LogP contribution in [0.3, 0.4) is 0 Å². The van der Waals surface area contributed by atoms with E-state index in [2.05, 4.69) is 5.32 Å². The van der Waals surface area contributed by atoms with Crippen LogP contribution in [0.25, 0.3) is 10.8 Å². The number of benzene rings is 2. The van der Waals surface area contributed by atoms with E-state index in [1.54, 1.807) is 6.07 Å². The number of carbonyl (C=O) groups is 1. The highest BCUT2D eigenvalue weighted by atomic mass is 35.5. The maximum absolute atomic E-state index is 11.5. The number of halogens is 1. The standard InChI is InChI=1S/C11H6ClNO/c12-7-4-6-2-1-3-8-10(6)9(5-7)13-11(8)14/h1-5H,(H,13,14). The Morgan fingerprint density at radius 2 is 2.07 bits per heavy atom. The molecule has 1 heterocycles. The predicted molar refractivity (Wildman–Crippen MR) is 56.9 cm³/mol. The Bertz CT molecular complexity index is 562. The molecule has 68 valence electrons. The minimum absolute atomic E-state index is 0.0483. The van der Waals surface area contributed by atoms with Crippen molar-refractivity contribution in [3.05, 3.63) is 40.9 Å². The molecule has 0 spiro atoms. The zero-order valence-electron chi connectivity index (χ0n) is 7.17. The Balaban J connectivity index is 2.55. The van der Waals surface area contributed by atoms with Crippen molar-refractivity contribution < 1.29 is 4.79 Å². The van der Waals surface area contributed by atoms with Gasteiger partial charge in [0.1, 0.15) is 0 Å². The molecule has 0 bridgehead atoms. The number of carbonyl (C=O) groups excluding carboxylic acids is 1. The van der Waals surface area contributed by atoms with Crippen molar-refractivity contribution in [1.29, 1.82) is 0 Å². The Hall–Kier alpha value is -1.54. The van der Waals surface area contributed by atoms with E-state index in [-0.39, 0.29) is 5.91 Å². The summed E-state index contributed by atoms with van der Waals surface area (Å²) in [5, 5.41) is 5.41. The van der Waals surface area contributed by atoms with E-state index in [9.17, 15) is 4.79 Å². The van der Waals surface area contributed by atoms with Crippen LogP contribution >= 0.6 is 11.6 Å². The Morgan fingerprint density at radius 1 is 1.21 bits per heavy atom. The van der Waals surface area contributed by atoms with Gasteiger partial charge in [0.25, 0.3) is 5.91 Å². The fourth-order valence-electron chi connectivity index (χ4n) is 1.87. The number of nitrogens with one attached hydrogen (secondary N) is 1. The van der Waals surface area contributed by atoms with Crippen LogP contribution in [-0.4, -0.2) is 5.91 Å². The van der Waals surface area contributed by atoms with Gasteiger partial charge >= 0.3 is 0 Å². The first kappa shape index (κ1) is 7.83. The van der Waals surface area contributed by atoms with E-state index in [4.69, 9.17) is 11.6 Å². The number of anilines is 1. The maximum Gasteiger partial charge on any atom is 0.256 e. The summed E-state index contributed by atoms with van der Waals surface area (Å²) < 4.78 is 0. The lowest BCUT2D eigenvalue weighted by molar-refractivity contribution is 0.103. The molecule has 0 aromatic heterocycles. The molecule has 2 nitrogen and oxygen atoms in total. The third-order valence-corrected chi connectivity index (χ3v) is 2.65. The first-order valence-electron chi connectivity index (χ1n) is 4.29. The molecule has 0 saturated heterocycles. The first-order valence-corrected chi connectivity index (χ1v) is 4.67. The molecular weight excluding hydrogens is 198 g/mol. The lowest BCUT2D eigenvalue weighted by Gasteiger charge is -1.99. The first-order chi connectivity index (χ1) is 6.75. The second-order valence-corrected chi connectivity index (χ2v) is 3.75. The van der Waals surface area contributed by atoms with Crippen molar-refractivity contribution in [2.24, 2.45) is 0 Å². The molecule has 1 aliphatic rings. The topological polar surface area (TPSA) is 29.1 Å². The summed E-state index contributed by atoms with van der Waals surface area (Å²) in [4.78, 5) is 11.5. The monoisotopic (exact) mass is 203 g/mol. The molecule has 1 amide bonds. The summed E-state index contributed by atoms with van der Waals surface area (Å²) in [5.74, 6) is -0.0483.